The number of aliphatic hydroxyl groups excluding tert-OH is 1. The highest BCUT2D eigenvalue weighted by Gasteiger charge is 2.49. The maximum atomic E-state index is 12.7. The first kappa shape index (κ1) is 17.3. The topological polar surface area (TPSA) is 60.9 Å². The Morgan fingerprint density at radius 2 is 1.96 bits per heavy atom. The zero-order valence-electron chi connectivity index (χ0n) is 15.0. The van der Waals surface area contributed by atoms with Crippen LogP contribution in [0.25, 0.3) is 6.08 Å². The van der Waals surface area contributed by atoms with Crippen LogP contribution in [-0.2, 0) is 9.59 Å². The third kappa shape index (κ3) is 3.16. The number of hydrogen-bond acceptors (Lipinski definition) is 3. The van der Waals surface area contributed by atoms with Crippen LogP contribution in [0.5, 0.6) is 0 Å². The lowest BCUT2D eigenvalue weighted by Gasteiger charge is -2.56. The van der Waals surface area contributed by atoms with Crippen molar-refractivity contribution in [2.75, 3.05) is 19.7 Å². The number of nitrogens with zero attached hydrogens (tertiary/aromatic N) is 2. The maximum Gasteiger partial charge on any atom is 0.246 e. The second-order valence-electron chi connectivity index (χ2n) is 7.75. The van der Waals surface area contributed by atoms with E-state index in [-0.39, 0.29) is 36.4 Å². The minimum absolute atomic E-state index is 0.0124. The maximum absolute atomic E-state index is 12.7. The lowest BCUT2D eigenvalue weighted by atomic mass is 9.72. The summed E-state index contributed by atoms with van der Waals surface area (Å²) in [6, 6.07) is 9.85. The fraction of sp³-hybridized carbons (Fsp3) is 0.524. The summed E-state index contributed by atoms with van der Waals surface area (Å²) in [5.74, 6) is 0.704. The van der Waals surface area contributed by atoms with Gasteiger partial charge in [-0.1, -0.05) is 30.3 Å². The first-order valence-corrected chi connectivity index (χ1v) is 9.61. The molecule has 2 bridgehead atoms. The number of carbonyl (C=O) groups excluding carboxylic acids is 2. The molecule has 26 heavy (non-hydrogen) atoms. The van der Waals surface area contributed by atoms with Crippen LogP contribution in [0, 0.1) is 11.8 Å². The van der Waals surface area contributed by atoms with Crippen molar-refractivity contribution >= 4 is 17.9 Å². The second-order valence-corrected chi connectivity index (χ2v) is 7.75. The fourth-order valence-corrected chi connectivity index (χ4v) is 5.03. The highest BCUT2D eigenvalue weighted by molar-refractivity contribution is 5.92. The number of fused-ring (bicyclic) bond motifs is 4. The van der Waals surface area contributed by atoms with Crippen molar-refractivity contribution < 1.29 is 14.7 Å². The number of amides is 2. The van der Waals surface area contributed by atoms with Crippen molar-refractivity contribution in [1.82, 2.24) is 9.80 Å². The molecule has 2 amide bonds. The van der Waals surface area contributed by atoms with Gasteiger partial charge in [-0.3, -0.25) is 9.59 Å². The lowest BCUT2D eigenvalue weighted by Crippen LogP contribution is -2.66. The van der Waals surface area contributed by atoms with Crippen LogP contribution >= 0.6 is 0 Å². The number of piperidine rings is 3. The second kappa shape index (κ2) is 7.23. The van der Waals surface area contributed by atoms with E-state index in [0.29, 0.717) is 25.4 Å². The van der Waals surface area contributed by atoms with Gasteiger partial charge >= 0.3 is 0 Å². The van der Waals surface area contributed by atoms with E-state index in [2.05, 4.69) is 0 Å². The van der Waals surface area contributed by atoms with Crippen LogP contribution in [0.1, 0.15) is 31.2 Å². The Bertz CT molecular complexity index is 688. The van der Waals surface area contributed by atoms with Crippen LogP contribution < -0.4 is 0 Å². The molecule has 4 rings (SSSR count). The third-order valence-corrected chi connectivity index (χ3v) is 6.21. The molecule has 3 aliphatic heterocycles. The van der Waals surface area contributed by atoms with Gasteiger partial charge in [-0.2, -0.15) is 0 Å². The summed E-state index contributed by atoms with van der Waals surface area (Å²) in [7, 11) is 0. The molecule has 3 aliphatic rings. The Morgan fingerprint density at radius 1 is 1.19 bits per heavy atom. The van der Waals surface area contributed by atoms with Gasteiger partial charge in [0.1, 0.15) is 0 Å². The van der Waals surface area contributed by atoms with Crippen LogP contribution in [0.2, 0.25) is 0 Å². The van der Waals surface area contributed by atoms with Crippen molar-refractivity contribution in [1.29, 1.82) is 0 Å². The summed E-state index contributed by atoms with van der Waals surface area (Å²) in [4.78, 5) is 29.0. The molecule has 0 spiro atoms. The first-order valence-electron chi connectivity index (χ1n) is 9.61. The van der Waals surface area contributed by atoms with Gasteiger partial charge in [0.25, 0.3) is 0 Å². The molecule has 0 saturated carbocycles. The number of rotatable bonds is 3. The lowest BCUT2D eigenvalue weighted by molar-refractivity contribution is -0.157. The van der Waals surface area contributed by atoms with Crippen LogP contribution in [0.3, 0.4) is 0 Å². The van der Waals surface area contributed by atoms with Crippen LogP contribution in [-0.4, -0.2) is 58.5 Å². The van der Waals surface area contributed by atoms with E-state index in [9.17, 15) is 14.7 Å². The Hall–Kier alpha value is -2.14. The summed E-state index contributed by atoms with van der Waals surface area (Å²) < 4.78 is 0. The largest absolute Gasteiger partial charge is 0.394 e. The molecule has 0 aromatic heterocycles. The number of hydrogen-bond donors (Lipinski definition) is 1. The number of aliphatic hydroxyl groups is 1. The zero-order valence-corrected chi connectivity index (χ0v) is 15.0. The summed E-state index contributed by atoms with van der Waals surface area (Å²) in [5, 5.41) is 9.93. The van der Waals surface area contributed by atoms with Gasteiger partial charge in [0, 0.05) is 31.6 Å². The molecule has 0 unspecified atom stereocenters. The summed E-state index contributed by atoms with van der Waals surface area (Å²) >= 11 is 0. The molecular weight excluding hydrogens is 328 g/mol. The SMILES string of the molecule is O=C(C=Cc1ccccc1)N1C[C@H]2C[C@@H](C1)[C@H](CO)N1C(=O)CCC[C@@H]21. The van der Waals surface area contributed by atoms with Crippen molar-refractivity contribution in [3.05, 3.63) is 42.0 Å². The minimum atomic E-state index is -0.141. The Labute approximate surface area is 154 Å². The normalized spacial score (nSPS) is 31.2. The molecule has 0 radical (unpaired) electrons. The average molecular weight is 354 g/mol. The van der Waals surface area contributed by atoms with E-state index in [0.717, 1.165) is 24.8 Å². The zero-order chi connectivity index (χ0) is 18.1. The van der Waals surface area contributed by atoms with Gasteiger partial charge in [-0.05, 0) is 42.7 Å². The average Bonchev–Trinajstić information content (AvgIpc) is 2.68. The highest BCUT2D eigenvalue weighted by atomic mass is 16.3. The van der Waals surface area contributed by atoms with Gasteiger partial charge in [0.05, 0.1) is 12.6 Å². The van der Waals surface area contributed by atoms with E-state index < -0.39 is 0 Å². The first-order chi connectivity index (χ1) is 12.7. The van der Waals surface area contributed by atoms with E-state index in [1.54, 1.807) is 6.08 Å². The molecular formula is C21H26N2O3. The third-order valence-electron chi connectivity index (χ3n) is 6.21. The molecule has 5 heteroatoms. The molecule has 1 aromatic carbocycles. The summed E-state index contributed by atoms with van der Waals surface area (Å²) in [5.41, 5.74) is 1.01. The van der Waals surface area contributed by atoms with E-state index in [1.165, 1.54) is 0 Å². The monoisotopic (exact) mass is 354 g/mol. The standard InChI is InChI=1S/C21H26N2O3/c24-14-19-17-11-16(18-7-4-8-21(26)23(18)19)12-22(13-17)20(25)10-9-15-5-2-1-3-6-15/h1-3,5-6,9-10,16-19,24H,4,7-8,11-14H2/t16-,17+,18+,19+/m1/s1. The fourth-order valence-electron chi connectivity index (χ4n) is 5.03. The molecule has 0 aliphatic carbocycles. The van der Waals surface area contributed by atoms with Crippen LogP contribution in [0.4, 0.5) is 0 Å². The number of benzene rings is 1. The van der Waals surface area contributed by atoms with Crippen molar-refractivity contribution in [3.8, 4) is 0 Å². The van der Waals surface area contributed by atoms with Gasteiger partial charge < -0.3 is 14.9 Å². The summed E-state index contributed by atoms with van der Waals surface area (Å²) in [6.45, 7) is 1.32. The number of carbonyl (C=O) groups is 2. The molecule has 3 heterocycles. The van der Waals surface area contributed by atoms with Gasteiger partial charge in [0.2, 0.25) is 11.8 Å². The van der Waals surface area contributed by atoms with Crippen molar-refractivity contribution in [2.45, 2.75) is 37.8 Å². The van der Waals surface area contributed by atoms with Crippen LogP contribution in [0.15, 0.2) is 36.4 Å². The Morgan fingerprint density at radius 3 is 2.73 bits per heavy atom. The number of likely N-dealkylation sites (tertiary alicyclic amines) is 1. The molecule has 138 valence electrons. The quantitative estimate of drug-likeness (QED) is 0.844. The van der Waals surface area contributed by atoms with Gasteiger partial charge in [-0.15, -0.1) is 0 Å². The minimum Gasteiger partial charge on any atom is -0.394 e. The molecule has 4 atom stereocenters. The molecule has 1 aromatic rings. The molecule has 5 nitrogen and oxygen atoms in total. The van der Waals surface area contributed by atoms with Gasteiger partial charge in [0.15, 0.2) is 0 Å². The highest BCUT2D eigenvalue weighted by Crippen LogP contribution is 2.41. The van der Waals surface area contributed by atoms with Crippen molar-refractivity contribution in [3.63, 3.8) is 0 Å². The molecule has 1 N–H and O–H groups in total. The molecule has 3 fully saturated rings. The van der Waals surface area contributed by atoms with E-state index in [1.807, 2.05) is 46.2 Å². The van der Waals surface area contributed by atoms with E-state index in [4.69, 9.17) is 0 Å². The predicted molar refractivity (Wildman–Crippen MR) is 99.0 cm³/mol. The smallest absolute Gasteiger partial charge is 0.246 e. The molecule has 3 saturated heterocycles. The Balaban J connectivity index is 1.50. The predicted octanol–water partition coefficient (Wildman–Crippen LogP) is 1.92. The Kier molecular flexibility index (Phi) is 4.81. The van der Waals surface area contributed by atoms with Crippen molar-refractivity contribution in [2.24, 2.45) is 11.8 Å². The summed E-state index contributed by atoms with van der Waals surface area (Å²) in [6.07, 6.45) is 7.00. The van der Waals surface area contributed by atoms with Gasteiger partial charge in [-0.25, -0.2) is 0 Å². The van der Waals surface area contributed by atoms with E-state index >= 15 is 0 Å².